The third-order valence-corrected chi connectivity index (χ3v) is 3.55. The third-order valence-electron chi connectivity index (χ3n) is 3.55. The van der Waals surface area contributed by atoms with Gasteiger partial charge in [0.25, 0.3) is 0 Å². The molecule has 0 fully saturated rings. The molecule has 0 unspecified atom stereocenters. The van der Waals surface area contributed by atoms with Crippen LogP contribution in [0.5, 0.6) is 11.5 Å². The number of aromatic carboxylic acids is 1. The van der Waals surface area contributed by atoms with Crippen molar-refractivity contribution >= 4 is 16.9 Å². The summed E-state index contributed by atoms with van der Waals surface area (Å²) in [6.07, 6.45) is 1.93. The van der Waals surface area contributed by atoms with Crippen LogP contribution in [0.1, 0.15) is 15.9 Å². The molecule has 0 amide bonds. The van der Waals surface area contributed by atoms with Gasteiger partial charge in [0, 0.05) is 29.7 Å². The van der Waals surface area contributed by atoms with Gasteiger partial charge in [-0.3, -0.25) is 0 Å². The molecule has 5 nitrogen and oxygen atoms in total. The van der Waals surface area contributed by atoms with Crippen LogP contribution in [-0.2, 0) is 13.7 Å². The minimum atomic E-state index is -0.948. The molecule has 1 heterocycles. The lowest BCUT2D eigenvalue weighted by molar-refractivity contribution is 0.0697. The Balaban J connectivity index is 1.91. The van der Waals surface area contributed by atoms with Crippen LogP contribution in [0.25, 0.3) is 10.9 Å². The fourth-order valence-corrected chi connectivity index (χ4v) is 2.43. The quantitative estimate of drug-likeness (QED) is 0.776. The Morgan fingerprint density at radius 1 is 1.18 bits per heavy atom. The summed E-state index contributed by atoms with van der Waals surface area (Å²) in [6, 6.07) is 11.5. The second-order valence-electron chi connectivity index (χ2n) is 5.08. The summed E-state index contributed by atoms with van der Waals surface area (Å²) < 4.78 is 7.64. The van der Waals surface area contributed by atoms with Crippen LogP contribution in [0.15, 0.2) is 48.7 Å². The van der Waals surface area contributed by atoms with Gasteiger partial charge in [-0.2, -0.15) is 0 Å². The van der Waals surface area contributed by atoms with Crippen LogP contribution in [0.2, 0.25) is 0 Å². The smallest absolute Gasteiger partial charge is 0.335 e. The Labute approximate surface area is 127 Å². The number of phenols is 1. The van der Waals surface area contributed by atoms with E-state index in [4.69, 9.17) is 9.84 Å². The molecule has 22 heavy (non-hydrogen) atoms. The Bertz CT molecular complexity index is 834. The van der Waals surface area contributed by atoms with E-state index in [9.17, 15) is 9.90 Å². The van der Waals surface area contributed by atoms with E-state index in [1.165, 1.54) is 0 Å². The van der Waals surface area contributed by atoms with Crippen molar-refractivity contribution in [3.63, 3.8) is 0 Å². The zero-order valence-electron chi connectivity index (χ0n) is 12.0. The molecule has 0 saturated carbocycles. The third kappa shape index (κ3) is 2.61. The maximum absolute atomic E-state index is 11.1. The number of nitrogens with zero attached hydrogens (tertiary/aromatic N) is 1. The van der Waals surface area contributed by atoms with Crippen LogP contribution in [0.4, 0.5) is 0 Å². The van der Waals surface area contributed by atoms with Gasteiger partial charge in [0.15, 0.2) is 0 Å². The first-order chi connectivity index (χ1) is 10.5. The van der Waals surface area contributed by atoms with E-state index in [1.54, 1.807) is 42.5 Å². The average Bonchev–Trinajstić information content (AvgIpc) is 2.82. The first kappa shape index (κ1) is 14.0. The van der Waals surface area contributed by atoms with Gasteiger partial charge < -0.3 is 19.5 Å². The van der Waals surface area contributed by atoms with Crippen molar-refractivity contribution in [3.05, 3.63) is 59.8 Å². The van der Waals surface area contributed by atoms with Gasteiger partial charge >= 0.3 is 5.97 Å². The van der Waals surface area contributed by atoms with Crippen LogP contribution >= 0.6 is 0 Å². The maximum Gasteiger partial charge on any atom is 0.335 e. The lowest BCUT2D eigenvalue weighted by atomic mass is 10.1. The lowest BCUT2D eigenvalue weighted by Crippen LogP contribution is -1.97. The summed E-state index contributed by atoms with van der Waals surface area (Å²) in [5.74, 6) is -0.121. The first-order valence-corrected chi connectivity index (χ1v) is 6.77. The average molecular weight is 297 g/mol. The minimum Gasteiger partial charge on any atom is -0.508 e. The van der Waals surface area contributed by atoms with Gasteiger partial charge in [-0.05, 0) is 42.5 Å². The lowest BCUT2D eigenvalue weighted by Gasteiger charge is -2.05. The number of carbonyl (C=O) groups is 1. The van der Waals surface area contributed by atoms with E-state index in [1.807, 2.05) is 17.8 Å². The van der Waals surface area contributed by atoms with E-state index in [-0.39, 0.29) is 11.3 Å². The Morgan fingerprint density at radius 2 is 1.91 bits per heavy atom. The summed E-state index contributed by atoms with van der Waals surface area (Å²) in [4.78, 5) is 11.1. The van der Waals surface area contributed by atoms with E-state index >= 15 is 0 Å². The van der Waals surface area contributed by atoms with Gasteiger partial charge in [0.05, 0.1) is 5.56 Å². The second-order valence-corrected chi connectivity index (χ2v) is 5.08. The second kappa shape index (κ2) is 5.44. The number of hydrogen-bond acceptors (Lipinski definition) is 3. The van der Waals surface area contributed by atoms with Crippen molar-refractivity contribution < 1.29 is 19.7 Å². The van der Waals surface area contributed by atoms with Crippen molar-refractivity contribution in [1.82, 2.24) is 4.57 Å². The van der Waals surface area contributed by atoms with Crippen molar-refractivity contribution in [1.29, 1.82) is 0 Å². The number of carboxylic acids is 1. The standard InChI is InChI=1S/C17H15NO4/c1-18-9-12(10-22-14-5-3-13(19)4-6-14)15-8-11(17(20)21)2-7-16(15)18/h2-9,19H,10H2,1H3,(H,20,21). The van der Waals surface area contributed by atoms with Crippen molar-refractivity contribution in [2.75, 3.05) is 0 Å². The van der Waals surface area contributed by atoms with E-state index < -0.39 is 5.97 Å². The number of hydrogen-bond donors (Lipinski definition) is 2. The van der Waals surface area contributed by atoms with Gasteiger partial charge in [-0.1, -0.05) is 0 Å². The monoisotopic (exact) mass is 297 g/mol. The van der Waals surface area contributed by atoms with E-state index in [0.717, 1.165) is 16.5 Å². The Morgan fingerprint density at radius 3 is 2.59 bits per heavy atom. The maximum atomic E-state index is 11.1. The Hall–Kier alpha value is -2.95. The van der Waals surface area contributed by atoms with Crippen LogP contribution in [0, 0.1) is 0 Å². The van der Waals surface area contributed by atoms with Gasteiger partial charge in [-0.25, -0.2) is 4.79 Å². The summed E-state index contributed by atoms with van der Waals surface area (Å²) in [5.41, 5.74) is 2.12. The number of ether oxygens (including phenoxy) is 1. The molecular weight excluding hydrogens is 282 g/mol. The molecule has 0 spiro atoms. The van der Waals surface area contributed by atoms with Gasteiger partial charge in [0.1, 0.15) is 18.1 Å². The van der Waals surface area contributed by atoms with Crippen LogP contribution < -0.4 is 4.74 Å². The minimum absolute atomic E-state index is 0.184. The van der Waals surface area contributed by atoms with Crippen molar-refractivity contribution in [3.8, 4) is 11.5 Å². The number of aryl methyl sites for hydroxylation is 1. The molecule has 0 bridgehead atoms. The topological polar surface area (TPSA) is 71.7 Å². The molecular formula is C17H15NO4. The molecule has 0 aliphatic rings. The molecule has 112 valence electrons. The molecule has 3 rings (SSSR count). The van der Waals surface area contributed by atoms with E-state index in [0.29, 0.717) is 12.4 Å². The van der Waals surface area contributed by atoms with Crippen LogP contribution in [0.3, 0.4) is 0 Å². The normalized spacial score (nSPS) is 10.8. The molecule has 1 aromatic heterocycles. The summed E-state index contributed by atoms with van der Waals surface area (Å²) in [7, 11) is 1.91. The first-order valence-electron chi connectivity index (χ1n) is 6.77. The molecule has 0 saturated heterocycles. The Kier molecular flexibility index (Phi) is 3.47. The number of aromatic hydroxyl groups is 1. The zero-order chi connectivity index (χ0) is 15.7. The molecule has 2 N–H and O–H groups in total. The molecule has 0 radical (unpaired) electrons. The molecule has 0 atom stereocenters. The molecule has 2 aromatic carbocycles. The zero-order valence-corrected chi connectivity index (χ0v) is 12.0. The SMILES string of the molecule is Cn1cc(COc2ccc(O)cc2)c2cc(C(=O)O)ccc21. The van der Waals surface area contributed by atoms with E-state index in [2.05, 4.69) is 0 Å². The highest BCUT2D eigenvalue weighted by molar-refractivity contribution is 5.94. The number of aromatic nitrogens is 1. The van der Waals surface area contributed by atoms with Gasteiger partial charge in [-0.15, -0.1) is 0 Å². The number of fused-ring (bicyclic) bond motifs is 1. The largest absolute Gasteiger partial charge is 0.508 e. The molecule has 3 aromatic rings. The molecule has 0 aliphatic carbocycles. The molecule has 0 aliphatic heterocycles. The summed E-state index contributed by atoms with van der Waals surface area (Å²) in [6.45, 7) is 0.325. The number of phenolic OH excluding ortho intramolecular Hbond substituents is 1. The predicted molar refractivity (Wildman–Crippen MR) is 82.3 cm³/mol. The number of benzene rings is 2. The summed E-state index contributed by atoms with van der Waals surface area (Å²) >= 11 is 0. The number of rotatable bonds is 4. The highest BCUT2D eigenvalue weighted by Gasteiger charge is 2.11. The number of carboxylic acid groups (broad SMARTS) is 1. The highest BCUT2D eigenvalue weighted by atomic mass is 16.5. The van der Waals surface area contributed by atoms with Crippen molar-refractivity contribution in [2.45, 2.75) is 6.61 Å². The fraction of sp³-hybridized carbons (Fsp3) is 0.118. The van der Waals surface area contributed by atoms with Crippen LogP contribution in [-0.4, -0.2) is 20.7 Å². The molecule has 5 heteroatoms. The fourth-order valence-electron chi connectivity index (χ4n) is 2.43. The summed E-state index contributed by atoms with van der Waals surface area (Å²) in [5, 5.41) is 19.2. The van der Waals surface area contributed by atoms with Gasteiger partial charge in [0.2, 0.25) is 0 Å². The van der Waals surface area contributed by atoms with Crippen molar-refractivity contribution in [2.24, 2.45) is 7.05 Å². The predicted octanol–water partition coefficient (Wildman–Crippen LogP) is 3.16. The highest BCUT2D eigenvalue weighted by Crippen LogP contribution is 2.24.